The molecule has 2 aromatic carbocycles. The van der Waals surface area contributed by atoms with Crippen molar-refractivity contribution in [2.24, 2.45) is 5.92 Å². The maximum Gasteiger partial charge on any atom is 0.243 e. The molecule has 2 heterocycles. The Bertz CT molecular complexity index is 1070. The number of para-hydroxylation sites is 1. The predicted molar refractivity (Wildman–Crippen MR) is 119 cm³/mol. The number of aryl methyl sites for hydroxylation is 3. The Balaban J connectivity index is 1.60. The molecule has 30 heavy (non-hydrogen) atoms. The number of piperidine rings is 1. The highest BCUT2D eigenvalue weighted by Gasteiger charge is 2.39. The van der Waals surface area contributed by atoms with Crippen molar-refractivity contribution in [2.75, 3.05) is 18.0 Å². The molecule has 0 N–H and O–H groups in total. The molecule has 0 radical (unpaired) electrons. The van der Waals surface area contributed by atoms with E-state index in [1.165, 1.54) is 9.87 Å². The number of carbonyl (C=O) groups is 1. The second-order valence-corrected chi connectivity index (χ2v) is 10.7. The quantitative estimate of drug-likeness (QED) is 0.746. The van der Waals surface area contributed by atoms with E-state index in [4.69, 9.17) is 0 Å². The molecule has 2 atom stereocenters. The van der Waals surface area contributed by atoms with E-state index in [1.807, 2.05) is 56.0 Å². The Morgan fingerprint density at radius 1 is 1.07 bits per heavy atom. The normalized spacial score (nSPS) is 22.2. The molecule has 2 aromatic rings. The van der Waals surface area contributed by atoms with Gasteiger partial charge in [-0.3, -0.25) is 4.79 Å². The minimum Gasteiger partial charge on any atom is -0.309 e. The van der Waals surface area contributed by atoms with Gasteiger partial charge in [-0.05, 0) is 69.7 Å². The number of nitrogens with zero attached hydrogens (tertiary/aromatic N) is 2. The van der Waals surface area contributed by atoms with Crippen molar-refractivity contribution in [1.29, 1.82) is 0 Å². The van der Waals surface area contributed by atoms with Crippen LogP contribution in [0.1, 0.15) is 42.0 Å². The van der Waals surface area contributed by atoms with Gasteiger partial charge in [0.15, 0.2) is 0 Å². The smallest absolute Gasteiger partial charge is 0.243 e. The number of hydrogen-bond donors (Lipinski definition) is 0. The van der Waals surface area contributed by atoms with Crippen molar-refractivity contribution >= 4 is 21.6 Å². The van der Waals surface area contributed by atoms with Crippen LogP contribution in [0.3, 0.4) is 0 Å². The molecular weight excluding hydrogens is 396 g/mol. The van der Waals surface area contributed by atoms with Gasteiger partial charge < -0.3 is 4.90 Å². The van der Waals surface area contributed by atoms with Gasteiger partial charge in [0.1, 0.15) is 0 Å². The maximum atomic E-state index is 13.5. The Labute approximate surface area is 179 Å². The van der Waals surface area contributed by atoms with Crippen molar-refractivity contribution in [3.05, 3.63) is 58.7 Å². The van der Waals surface area contributed by atoms with Crippen LogP contribution in [-0.2, 0) is 21.2 Å². The summed E-state index contributed by atoms with van der Waals surface area (Å²) in [5.41, 5.74) is 4.74. The number of benzene rings is 2. The van der Waals surface area contributed by atoms with Gasteiger partial charge in [-0.25, -0.2) is 8.42 Å². The molecule has 0 aromatic heterocycles. The van der Waals surface area contributed by atoms with E-state index in [-0.39, 0.29) is 24.4 Å². The molecule has 0 unspecified atom stereocenters. The van der Waals surface area contributed by atoms with Gasteiger partial charge >= 0.3 is 0 Å². The molecule has 2 aliphatic heterocycles. The van der Waals surface area contributed by atoms with Crippen molar-refractivity contribution in [3.63, 3.8) is 0 Å². The summed E-state index contributed by atoms with van der Waals surface area (Å²) in [6, 6.07) is 11.9. The van der Waals surface area contributed by atoms with Crippen LogP contribution < -0.4 is 4.90 Å². The van der Waals surface area contributed by atoms with Crippen LogP contribution in [-0.4, -0.2) is 37.8 Å². The average Bonchev–Trinajstić information content (AvgIpc) is 3.02. The first-order valence-corrected chi connectivity index (χ1v) is 12.1. The Morgan fingerprint density at radius 2 is 1.73 bits per heavy atom. The van der Waals surface area contributed by atoms with Crippen LogP contribution >= 0.6 is 0 Å². The summed E-state index contributed by atoms with van der Waals surface area (Å²) in [6.07, 6.45) is 2.27. The molecule has 0 bridgehead atoms. The van der Waals surface area contributed by atoms with E-state index < -0.39 is 10.0 Å². The predicted octanol–water partition coefficient (Wildman–Crippen LogP) is 3.99. The fraction of sp³-hybridized carbons (Fsp3) is 0.458. The maximum absolute atomic E-state index is 13.5. The van der Waals surface area contributed by atoms with Gasteiger partial charge in [-0.2, -0.15) is 4.31 Å². The van der Waals surface area contributed by atoms with Crippen molar-refractivity contribution in [3.8, 4) is 0 Å². The average molecular weight is 427 g/mol. The number of sulfonamides is 1. The molecule has 160 valence electrons. The second-order valence-electron chi connectivity index (χ2n) is 8.82. The highest BCUT2D eigenvalue weighted by Crippen LogP contribution is 2.35. The van der Waals surface area contributed by atoms with Crippen molar-refractivity contribution < 1.29 is 13.2 Å². The fourth-order valence-electron chi connectivity index (χ4n) is 5.16. The van der Waals surface area contributed by atoms with Crippen molar-refractivity contribution in [2.45, 2.75) is 57.9 Å². The zero-order chi connectivity index (χ0) is 21.6. The van der Waals surface area contributed by atoms with Gasteiger partial charge in [0.2, 0.25) is 15.9 Å². The van der Waals surface area contributed by atoms with Gasteiger partial charge in [0.25, 0.3) is 0 Å². The molecule has 6 heteroatoms. The number of rotatable bonds is 3. The molecule has 1 amide bonds. The molecule has 0 spiro atoms. The first kappa shape index (κ1) is 21.1. The van der Waals surface area contributed by atoms with Crippen LogP contribution in [0.4, 0.5) is 5.69 Å². The van der Waals surface area contributed by atoms with Crippen LogP contribution in [0.5, 0.6) is 0 Å². The SMILES string of the molecule is Cc1cc(C)c(S(=O)(=O)N2CCC[C@@H](C(=O)N3c4ccccc4C[C@H]3C)C2)c(C)c1. The Kier molecular flexibility index (Phi) is 5.49. The highest BCUT2D eigenvalue weighted by atomic mass is 32.2. The summed E-state index contributed by atoms with van der Waals surface area (Å²) in [5, 5.41) is 0. The molecule has 2 aliphatic rings. The largest absolute Gasteiger partial charge is 0.309 e. The van der Waals surface area contributed by atoms with Crippen LogP contribution in [0.25, 0.3) is 0 Å². The monoisotopic (exact) mass is 426 g/mol. The summed E-state index contributed by atoms with van der Waals surface area (Å²) in [7, 11) is -3.64. The summed E-state index contributed by atoms with van der Waals surface area (Å²) in [4.78, 5) is 15.7. The van der Waals surface area contributed by atoms with Gasteiger partial charge in [-0.15, -0.1) is 0 Å². The van der Waals surface area contributed by atoms with Gasteiger partial charge in [0, 0.05) is 24.8 Å². The Morgan fingerprint density at radius 3 is 2.43 bits per heavy atom. The standard InChI is InChI=1S/C24H30N2O3S/c1-16-12-17(2)23(18(3)13-16)30(28,29)25-11-7-9-21(15-25)24(27)26-19(4)14-20-8-5-6-10-22(20)26/h5-6,8,10,12-13,19,21H,7,9,11,14-15H2,1-4H3/t19-,21-/m1/s1. The van der Waals surface area contributed by atoms with E-state index in [1.54, 1.807) is 0 Å². The van der Waals surface area contributed by atoms with E-state index in [0.717, 1.165) is 35.2 Å². The fourth-order valence-corrected chi connectivity index (χ4v) is 7.10. The molecule has 1 saturated heterocycles. The second kappa shape index (κ2) is 7.82. The zero-order valence-corrected chi connectivity index (χ0v) is 19.0. The number of carbonyl (C=O) groups excluding carboxylic acids is 1. The molecular formula is C24H30N2O3S. The zero-order valence-electron chi connectivity index (χ0n) is 18.2. The highest BCUT2D eigenvalue weighted by molar-refractivity contribution is 7.89. The molecule has 5 nitrogen and oxygen atoms in total. The molecule has 0 saturated carbocycles. The topological polar surface area (TPSA) is 57.7 Å². The summed E-state index contributed by atoms with van der Waals surface area (Å²) in [5.74, 6) is -0.266. The first-order valence-electron chi connectivity index (χ1n) is 10.7. The number of amides is 1. The van der Waals surface area contributed by atoms with Crippen LogP contribution in [0.15, 0.2) is 41.3 Å². The lowest BCUT2D eigenvalue weighted by molar-refractivity contribution is -0.123. The third kappa shape index (κ3) is 3.56. The van der Waals surface area contributed by atoms with Gasteiger partial charge in [-0.1, -0.05) is 35.9 Å². The molecule has 4 rings (SSSR count). The molecule has 0 aliphatic carbocycles. The third-order valence-corrected chi connectivity index (χ3v) is 8.55. The van der Waals surface area contributed by atoms with E-state index >= 15 is 0 Å². The lowest BCUT2D eigenvalue weighted by atomic mass is 9.97. The number of anilines is 1. The summed E-state index contributed by atoms with van der Waals surface area (Å²) < 4.78 is 28.5. The van der Waals surface area contributed by atoms with Gasteiger partial charge in [0.05, 0.1) is 10.8 Å². The minimum atomic E-state index is -3.64. The first-order chi connectivity index (χ1) is 14.2. The summed E-state index contributed by atoms with van der Waals surface area (Å²) in [6.45, 7) is 8.45. The lowest BCUT2D eigenvalue weighted by Gasteiger charge is -2.35. The number of fused-ring (bicyclic) bond motifs is 1. The Hall–Kier alpha value is -2.18. The molecule has 1 fully saturated rings. The summed E-state index contributed by atoms with van der Waals surface area (Å²) >= 11 is 0. The van der Waals surface area contributed by atoms with Crippen molar-refractivity contribution in [1.82, 2.24) is 4.31 Å². The van der Waals surface area contributed by atoms with Crippen LogP contribution in [0, 0.1) is 26.7 Å². The third-order valence-electron chi connectivity index (χ3n) is 6.38. The number of hydrogen-bond acceptors (Lipinski definition) is 3. The van der Waals surface area contributed by atoms with Crippen LogP contribution in [0.2, 0.25) is 0 Å². The van der Waals surface area contributed by atoms with E-state index in [9.17, 15) is 13.2 Å². The van der Waals surface area contributed by atoms with E-state index in [0.29, 0.717) is 17.9 Å². The lowest BCUT2D eigenvalue weighted by Crippen LogP contribution is -2.48. The van der Waals surface area contributed by atoms with E-state index in [2.05, 4.69) is 13.0 Å². The minimum absolute atomic E-state index is 0.0460.